The normalized spacial score (nSPS) is 11.4. The van der Waals surface area contributed by atoms with Gasteiger partial charge in [-0.2, -0.15) is 12.6 Å². The molecule has 0 aliphatic rings. The molecular formula is C17H34S. The molecule has 0 nitrogen and oxygen atoms in total. The van der Waals surface area contributed by atoms with Gasteiger partial charge in [0.25, 0.3) is 0 Å². The summed E-state index contributed by atoms with van der Waals surface area (Å²) in [5.74, 6) is 0. The predicted molar refractivity (Wildman–Crippen MR) is 88.4 cm³/mol. The van der Waals surface area contributed by atoms with Crippen LogP contribution in [0.1, 0.15) is 96.8 Å². The fraction of sp³-hybridized carbons (Fsp3) is 0.882. The lowest BCUT2D eigenvalue weighted by atomic mass is 10.0. The molecule has 0 saturated carbocycles. The summed E-state index contributed by atoms with van der Waals surface area (Å²) in [6.07, 6.45) is 22.0. The van der Waals surface area contributed by atoms with E-state index in [1.54, 1.807) is 0 Å². The Labute approximate surface area is 121 Å². The van der Waals surface area contributed by atoms with E-state index in [9.17, 15) is 0 Å². The maximum absolute atomic E-state index is 4.06. The Bertz CT molecular complexity index is 163. The van der Waals surface area contributed by atoms with Crippen molar-refractivity contribution in [1.82, 2.24) is 0 Å². The predicted octanol–water partition coefficient (Wildman–Crippen LogP) is 6.91. The average Bonchev–Trinajstić information content (AvgIpc) is 2.39. The molecule has 0 atom stereocenters. The highest BCUT2D eigenvalue weighted by Gasteiger charge is 1.93. The molecule has 0 aliphatic heterocycles. The number of hydrogen-bond donors (Lipinski definition) is 1. The Morgan fingerprint density at radius 3 is 1.39 bits per heavy atom. The lowest BCUT2D eigenvalue weighted by Gasteiger charge is -2.02. The van der Waals surface area contributed by atoms with Crippen LogP contribution >= 0.6 is 12.6 Å². The van der Waals surface area contributed by atoms with Crippen molar-refractivity contribution in [1.29, 1.82) is 0 Å². The number of thiol groups is 1. The molecule has 0 amide bonds. The Kier molecular flexibility index (Phi) is 17.2. The van der Waals surface area contributed by atoms with E-state index in [1.165, 1.54) is 89.9 Å². The number of allylic oxidation sites excluding steroid dienone is 1. The number of unbranched alkanes of at least 4 members (excludes halogenated alkanes) is 13. The van der Waals surface area contributed by atoms with E-state index in [0.29, 0.717) is 0 Å². The quantitative estimate of drug-likeness (QED) is 0.257. The fourth-order valence-electron chi connectivity index (χ4n) is 2.35. The van der Waals surface area contributed by atoms with Gasteiger partial charge in [0.1, 0.15) is 0 Å². The van der Waals surface area contributed by atoms with Gasteiger partial charge in [-0.25, -0.2) is 0 Å². The zero-order valence-corrected chi connectivity index (χ0v) is 13.4. The van der Waals surface area contributed by atoms with Gasteiger partial charge in [0.05, 0.1) is 0 Å². The molecule has 0 heterocycles. The van der Waals surface area contributed by atoms with Crippen molar-refractivity contribution in [3.63, 3.8) is 0 Å². The summed E-state index contributed by atoms with van der Waals surface area (Å²) in [4.78, 5) is 0. The van der Waals surface area contributed by atoms with Crippen LogP contribution in [0.2, 0.25) is 0 Å². The average molecular weight is 271 g/mol. The number of rotatable bonds is 14. The standard InChI is InChI=1S/C17H34S/c1-2-3-4-5-6-7-8-9-10-11-12-13-14-15-16-17-18/h16-18H,2-15H2,1H3/b17-16+. The Hall–Kier alpha value is 0.0900. The molecule has 18 heavy (non-hydrogen) atoms. The van der Waals surface area contributed by atoms with E-state index >= 15 is 0 Å². The molecule has 0 aromatic heterocycles. The van der Waals surface area contributed by atoms with Crippen molar-refractivity contribution in [3.8, 4) is 0 Å². The van der Waals surface area contributed by atoms with Gasteiger partial charge in [-0.15, -0.1) is 0 Å². The molecule has 0 bridgehead atoms. The van der Waals surface area contributed by atoms with Crippen molar-refractivity contribution in [2.45, 2.75) is 96.8 Å². The van der Waals surface area contributed by atoms with Crippen LogP contribution < -0.4 is 0 Å². The highest BCUT2D eigenvalue weighted by molar-refractivity contribution is 7.83. The second kappa shape index (κ2) is 17.1. The largest absolute Gasteiger partial charge is 0.152 e. The van der Waals surface area contributed by atoms with E-state index in [4.69, 9.17) is 0 Å². The van der Waals surface area contributed by atoms with Crippen LogP contribution in [0.4, 0.5) is 0 Å². The van der Waals surface area contributed by atoms with Gasteiger partial charge < -0.3 is 0 Å². The molecule has 108 valence electrons. The van der Waals surface area contributed by atoms with E-state index in [0.717, 1.165) is 0 Å². The zero-order chi connectivity index (χ0) is 13.3. The van der Waals surface area contributed by atoms with E-state index in [-0.39, 0.29) is 0 Å². The molecule has 0 fully saturated rings. The smallest absolute Gasteiger partial charge is 0.0343 e. The highest BCUT2D eigenvalue weighted by atomic mass is 32.1. The Morgan fingerprint density at radius 1 is 0.611 bits per heavy atom. The van der Waals surface area contributed by atoms with Gasteiger partial charge in [0.15, 0.2) is 0 Å². The van der Waals surface area contributed by atoms with Crippen LogP contribution in [-0.2, 0) is 0 Å². The molecule has 0 unspecified atom stereocenters. The molecule has 0 aromatic rings. The van der Waals surface area contributed by atoms with E-state index in [1.807, 2.05) is 5.41 Å². The van der Waals surface area contributed by atoms with Crippen LogP contribution in [-0.4, -0.2) is 0 Å². The maximum Gasteiger partial charge on any atom is -0.0343 e. The van der Waals surface area contributed by atoms with Gasteiger partial charge in [-0.3, -0.25) is 0 Å². The first-order valence-electron chi connectivity index (χ1n) is 8.21. The van der Waals surface area contributed by atoms with Crippen LogP contribution in [0.5, 0.6) is 0 Å². The zero-order valence-electron chi connectivity index (χ0n) is 12.5. The second-order valence-corrected chi connectivity index (χ2v) is 5.71. The molecule has 0 rings (SSSR count). The monoisotopic (exact) mass is 270 g/mol. The first kappa shape index (κ1) is 18.1. The van der Waals surface area contributed by atoms with Crippen molar-refractivity contribution in [2.75, 3.05) is 0 Å². The Balaban J connectivity index is 2.90. The first-order chi connectivity index (χ1) is 8.91. The molecule has 0 spiro atoms. The summed E-state index contributed by atoms with van der Waals surface area (Å²) in [7, 11) is 0. The molecular weight excluding hydrogens is 236 g/mol. The summed E-state index contributed by atoms with van der Waals surface area (Å²) in [6.45, 7) is 2.29. The Morgan fingerprint density at radius 2 is 1.00 bits per heavy atom. The topological polar surface area (TPSA) is 0 Å². The lowest BCUT2D eigenvalue weighted by molar-refractivity contribution is 0.540. The molecule has 0 aliphatic carbocycles. The third-order valence-corrected chi connectivity index (χ3v) is 3.79. The van der Waals surface area contributed by atoms with Gasteiger partial charge in [0.2, 0.25) is 0 Å². The van der Waals surface area contributed by atoms with Gasteiger partial charge in [-0.05, 0) is 18.2 Å². The van der Waals surface area contributed by atoms with Crippen molar-refractivity contribution in [3.05, 3.63) is 11.5 Å². The highest BCUT2D eigenvalue weighted by Crippen LogP contribution is 2.12. The van der Waals surface area contributed by atoms with Crippen LogP contribution in [0, 0.1) is 0 Å². The van der Waals surface area contributed by atoms with Gasteiger partial charge in [0, 0.05) is 0 Å². The van der Waals surface area contributed by atoms with E-state index in [2.05, 4.69) is 25.6 Å². The summed E-state index contributed by atoms with van der Waals surface area (Å²) in [6, 6.07) is 0. The van der Waals surface area contributed by atoms with Crippen LogP contribution in [0.3, 0.4) is 0 Å². The van der Waals surface area contributed by atoms with Gasteiger partial charge >= 0.3 is 0 Å². The minimum atomic E-state index is 1.21. The lowest BCUT2D eigenvalue weighted by Crippen LogP contribution is -1.82. The first-order valence-corrected chi connectivity index (χ1v) is 8.72. The molecule has 1 heteroatoms. The SMILES string of the molecule is CCCCCCCCCCCCCCC/C=C/S. The third-order valence-electron chi connectivity index (χ3n) is 3.58. The van der Waals surface area contributed by atoms with Crippen LogP contribution in [0.25, 0.3) is 0 Å². The number of hydrogen-bond acceptors (Lipinski definition) is 1. The third kappa shape index (κ3) is 16.1. The van der Waals surface area contributed by atoms with Gasteiger partial charge in [-0.1, -0.05) is 90.0 Å². The second-order valence-electron chi connectivity index (χ2n) is 5.42. The molecule has 0 N–H and O–H groups in total. The minimum Gasteiger partial charge on any atom is -0.152 e. The van der Waals surface area contributed by atoms with Crippen LogP contribution in [0.15, 0.2) is 11.5 Å². The molecule has 0 radical (unpaired) electrons. The fourth-order valence-corrected chi connectivity index (χ4v) is 2.50. The minimum absolute atomic E-state index is 1.21. The maximum atomic E-state index is 4.06. The van der Waals surface area contributed by atoms with Crippen molar-refractivity contribution < 1.29 is 0 Å². The molecule has 0 aromatic carbocycles. The summed E-state index contributed by atoms with van der Waals surface area (Å²) >= 11 is 4.06. The summed E-state index contributed by atoms with van der Waals surface area (Å²) in [5, 5.41) is 1.86. The summed E-state index contributed by atoms with van der Waals surface area (Å²) < 4.78 is 0. The van der Waals surface area contributed by atoms with E-state index < -0.39 is 0 Å². The summed E-state index contributed by atoms with van der Waals surface area (Å²) in [5.41, 5.74) is 0. The van der Waals surface area contributed by atoms with Crippen molar-refractivity contribution >= 4 is 12.6 Å². The molecule has 0 saturated heterocycles. The van der Waals surface area contributed by atoms with Crippen molar-refractivity contribution in [2.24, 2.45) is 0 Å².